The summed E-state index contributed by atoms with van der Waals surface area (Å²) in [7, 11) is 0. The maximum absolute atomic E-state index is 12.7. The molecule has 1 rings (SSSR count). The molecule has 0 aliphatic rings. The van der Waals surface area contributed by atoms with Gasteiger partial charge < -0.3 is 0 Å². The Balaban J connectivity index is 3.41. The van der Waals surface area contributed by atoms with Crippen molar-refractivity contribution in [3.05, 3.63) is 34.9 Å². The lowest BCUT2D eigenvalue weighted by Gasteiger charge is -2.03. The first-order chi connectivity index (χ1) is 6.06. The minimum atomic E-state index is -3.12. The molecule has 0 fully saturated rings. The third kappa shape index (κ3) is 1.78. The standard InChI is InChI=1S/C8H3F4N/c9-5-1-4(3-13)7(8(11)12)6(10)2-5/h1-2,8H. The Hall–Kier alpha value is -1.57. The van der Waals surface area contributed by atoms with Gasteiger partial charge in [-0.1, -0.05) is 0 Å². The molecule has 68 valence electrons. The Labute approximate surface area is 71.2 Å². The molecule has 1 aromatic rings. The van der Waals surface area contributed by atoms with Crippen LogP contribution in [0.4, 0.5) is 17.6 Å². The van der Waals surface area contributed by atoms with Crippen molar-refractivity contribution in [1.29, 1.82) is 5.26 Å². The Bertz CT molecular complexity index is 367. The maximum Gasteiger partial charge on any atom is 0.267 e. The van der Waals surface area contributed by atoms with Gasteiger partial charge in [-0.15, -0.1) is 0 Å². The molecule has 0 aliphatic heterocycles. The fourth-order valence-electron chi connectivity index (χ4n) is 0.899. The van der Waals surface area contributed by atoms with Crippen LogP contribution >= 0.6 is 0 Å². The molecular weight excluding hydrogens is 186 g/mol. The third-order valence-electron chi connectivity index (χ3n) is 1.43. The lowest BCUT2D eigenvalue weighted by molar-refractivity contribution is 0.146. The molecule has 0 N–H and O–H groups in total. The van der Waals surface area contributed by atoms with Crippen LogP contribution in [0, 0.1) is 23.0 Å². The number of benzene rings is 1. The summed E-state index contributed by atoms with van der Waals surface area (Å²) in [6, 6.07) is 2.19. The van der Waals surface area contributed by atoms with E-state index in [-0.39, 0.29) is 0 Å². The molecule has 0 unspecified atom stereocenters. The number of rotatable bonds is 1. The first-order valence-electron chi connectivity index (χ1n) is 3.23. The van der Waals surface area contributed by atoms with E-state index < -0.39 is 29.2 Å². The summed E-state index contributed by atoms with van der Waals surface area (Å²) < 4.78 is 49.3. The van der Waals surface area contributed by atoms with Crippen LogP contribution in [0.25, 0.3) is 0 Å². The predicted molar refractivity (Wildman–Crippen MR) is 36.0 cm³/mol. The van der Waals surface area contributed by atoms with Gasteiger partial charge in [-0.2, -0.15) is 5.26 Å². The monoisotopic (exact) mass is 189 g/mol. The second-order valence-electron chi connectivity index (χ2n) is 2.26. The van der Waals surface area contributed by atoms with Gasteiger partial charge in [0, 0.05) is 6.07 Å². The summed E-state index contributed by atoms with van der Waals surface area (Å²) in [4.78, 5) is 0. The van der Waals surface area contributed by atoms with Gasteiger partial charge in [0.25, 0.3) is 6.43 Å². The summed E-state index contributed by atoms with van der Waals surface area (Å²) in [6.45, 7) is 0. The molecule has 0 saturated carbocycles. The van der Waals surface area contributed by atoms with Gasteiger partial charge in [-0.25, -0.2) is 17.6 Å². The van der Waals surface area contributed by atoms with Gasteiger partial charge in [0.15, 0.2) is 0 Å². The van der Waals surface area contributed by atoms with E-state index in [1.54, 1.807) is 0 Å². The van der Waals surface area contributed by atoms with Crippen LogP contribution in [0.3, 0.4) is 0 Å². The van der Waals surface area contributed by atoms with Crippen LogP contribution < -0.4 is 0 Å². The Kier molecular flexibility index (Phi) is 2.52. The molecule has 1 nitrogen and oxygen atoms in total. The Morgan fingerprint density at radius 3 is 2.31 bits per heavy atom. The Morgan fingerprint density at radius 1 is 1.23 bits per heavy atom. The summed E-state index contributed by atoms with van der Waals surface area (Å²) >= 11 is 0. The number of hydrogen-bond donors (Lipinski definition) is 0. The van der Waals surface area contributed by atoms with E-state index >= 15 is 0 Å². The summed E-state index contributed by atoms with van der Waals surface area (Å²) in [6.07, 6.45) is -3.12. The van der Waals surface area contributed by atoms with Crippen molar-refractivity contribution in [3.63, 3.8) is 0 Å². The number of alkyl halides is 2. The van der Waals surface area contributed by atoms with Crippen molar-refractivity contribution < 1.29 is 17.6 Å². The molecule has 0 amide bonds. The molecule has 0 saturated heterocycles. The van der Waals surface area contributed by atoms with E-state index in [4.69, 9.17) is 5.26 Å². The smallest absolute Gasteiger partial charge is 0.207 e. The summed E-state index contributed by atoms with van der Waals surface area (Å²) in [5.41, 5.74) is -1.73. The van der Waals surface area contributed by atoms with Crippen molar-refractivity contribution in [2.24, 2.45) is 0 Å². The molecule has 0 spiro atoms. The molecule has 0 radical (unpaired) electrons. The second kappa shape index (κ2) is 3.44. The third-order valence-corrected chi connectivity index (χ3v) is 1.43. The highest BCUT2D eigenvalue weighted by Gasteiger charge is 2.19. The van der Waals surface area contributed by atoms with E-state index in [1.807, 2.05) is 0 Å². The van der Waals surface area contributed by atoms with E-state index in [1.165, 1.54) is 6.07 Å². The highest BCUT2D eigenvalue weighted by atomic mass is 19.3. The van der Waals surface area contributed by atoms with Gasteiger partial charge in [-0.05, 0) is 6.07 Å². The van der Waals surface area contributed by atoms with E-state index in [2.05, 4.69) is 0 Å². The first-order valence-corrected chi connectivity index (χ1v) is 3.23. The van der Waals surface area contributed by atoms with Crippen molar-refractivity contribution in [1.82, 2.24) is 0 Å². The fourth-order valence-corrected chi connectivity index (χ4v) is 0.899. The van der Waals surface area contributed by atoms with E-state index in [0.29, 0.717) is 12.1 Å². The van der Waals surface area contributed by atoms with Crippen LogP contribution in [-0.4, -0.2) is 0 Å². The molecule has 0 heterocycles. The Morgan fingerprint density at radius 2 is 1.85 bits per heavy atom. The summed E-state index contributed by atoms with van der Waals surface area (Å²) in [5, 5.41) is 8.30. The van der Waals surface area contributed by atoms with Crippen LogP contribution in [0.15, 0.2) is 12.1 Å². The number of nitrogens with zero attached hydrogens (tertiary/aromatic N) is 1. The van der Waals surface area contributed by atoms with Crippen LogP contribution in [0.2, 0.25) is 0 Å². The minimum absolute atomic E-state index is 0.322. The molecule has 0 aliphatic carbocycles. The highest BCUT2D eigenvalue weighted by Crippen LogP contribution is 2.26. The van der Waals surface area contributed by atoms with Crippen molar-refractivity contribution in [3.8, 4) is 6.07 Å². The molecule has 1 aromatic carbocycles. The average molecular weight is 189 g/mol. The van der Waals surface area contributed by atoms with E-state index in [9.17, 15) is 17.6 Å². The molecule has 0 atom stereocenters. The van der Waals surface area contributed by atoms with Crippen molar-refractivity contribution >= 4 is 0 Å². The van der Waals surface area contributed by atoms with Crippen LogP contribution in [0.5, 0.6) is 0 Å². The van der Waals surface area contributed by atoms with Gasteiger partial charge in [0.2, 0.25) is 0 Å². The number of halogens is 4. The number of hydrogen-bond acceptors (Lipinski definition) is 1. The summed E-state index contributed by atoms with van der Waals surface area (Å²) in [5.74, 6) is -2.44. The maximum atomic E-state index is 12.7. The number of nitriles is 1. The largest absolute Gasteiger partial charge is 0.267 e. The van der Waals surface area contributed by atoms with Crippen molar-refractivity contribution in [2.45, 2.75) is 6.43 Å². The zero-order valence-electron chi connectivity index (χ0n) is 6.19. The normalized spacial score (nSPS) is 10.2. The SMILES string of the molecule is N#Cc1cc(F)cc(F)c1C(F)F. The van der Waals surface area contributed by atoms with Crippen LogP contribution in [0.1, 0.15) is 17.6 Å². The fraction of sp³-hybridized carbons (Fsp3) is 0.125. The quantitative estimate of drug-likeness (QED) is 0.623. The van der Waals surface area contributed by atoms with Crippen molar-refractivity contribution in [2.75, 3.05) is 0 Å². The highest BCUT2D eigenvalue weighted by molar-refractivity contribution is 5.39. The topological polar surface area (TPSA) is 23.8 Å². The van der Waals surface area contributed by atoms with Gasteiger partial charge in [0.1, 0.15) is 11.6 Å². The lowest BCUT2D eigenvalue weighted by atomic mass is 10.1. The second-order valence-corrected chi connectivity index (χ2v) is 2.26. The molecule has 0 aromatic heterocycles. The zero-order valence-corrected chi connectivity index (χ0v) is 6.19. The average Bonchev–Trinajstić information content (AvgIpc) is 2.01. The van der Waals surface area contributed by atoms with E-state index in [0.717, 1.165) is 0 Å². The van der Waals surface area contributed by atoms with Crippen LogP contribution in [-0.2, 0) is 0 Å². The van der Waals surface area contributed by atoms with Gasteiger partial charge in [-0.3, -0.25) is 0 Å². The predicted octanol–water partition coefficient (Wildman–Crippen LogP) is 2.77. The molecule has 13 heavy (non-hydrogen) atoms. The first kappa shape index (κ1) is 9.52. The lowest BCUT2D eigenvalue weighted by Crippen LogP contribution is -1.97. The molecule has 0 bridgehead atoms. The zero-order chi connectivity index (χ0) is 10.0. The molecular formula is C8H3F4N. The van der Waals surface area contributed by atoms with Gasteiger partial charge in [0.05, 0.1) is 17.2 Å². The molecule has 5 heteroatoms. The minimum Gasteiger partial charge on any atom is -0.207 e. The van der Waals surface area contributed by atoms with Gasteiger partial charge >= 0.3 is 0 Å².